The van der Waals surface area contributed by atoms with Gasteiger partial charge in [-0.05, 0) is 31.4 Å². The number of amides is 2. The van der Waals surface area contributed by atoms with Crippen LogP contribution in [-0.2, 0) is 16.0 Å². The van der Waals surface area contributed by atoms with Gasteiger partial charge in [0.25, 0.3) is 0 Å². The lowest BCUT2D eigenvalue weighted by molar-refractivity contribution is -0.134. The molecule has 2 rings (SSSR count). The van der Waals surface area contributed by atoms with E-state index < -0.39 is 5.82 Å². The van der Waals surface area contributed by atoms with Gasteiger partial charge >= 0.3 is 0 Å². The Labute approximate surface area is 158 Å². The van der Waals surface area contributed by atoms with Crippen LogP contribution < -0.4 is 11.1 Å². The summed E-state index contributed by atoms with van der Waals surface area (Å²) in [6.45, 7) is 1.31. The highest BCUT2D eigenvalue weighted by atomic mass is 35.5. The smallest absolute Gasteiger partial charge is 0.227 e. The number of hydrogen-bond acceptors (Lipinski definition) is 3. The van der Waals surface area contributed by atoms with Crippen LogP contribution >= 0.6 is 24.0 Å². The molecule has 1 fully saturated rings. The predicted molar refractivity (Wildman–Crippen MR) is 98.4 cm³/mol. The molecule has 0 spiro atoms. The lowest BCUT2D eigenvalue weighted by atomic mass is 10.0. The number of nitrogens with two attached hydrogens (primary N) is 1. The van der Waals surface area contributed by atoms with Gasteiger partial charge in [0, 0.05) is 42.7 Å². The number of piperidine rings is 1. The zero-order valence-electron chi connectivity index (χ0n) is 14.0. The molecule has 140 valence electrons. The van der Waals surface area contributed by atoms with E-state index >= 15 is 0 Å². The summed E-state index contributed by atoms with van der Waals surface area (Å²) in [6.07, 6.45) is 2.93. The van der Waals surface area contributed by atoms with Crippen LogP contribution in [0.3, 0.4) is 0 Å². The van der Waals surface area contributed by atoms with Gasteiger partial charge in [-0.3, -0.25) is 9.59 Å². The Bertz CT molecular complexity index is 581. The van der Waals surface area contributed by atoms with Crippen LogP contribution in [0.15, 0.2) is 18.2 Å². The van der Waals surface area contributed by atoms with E-state index in [0.717, 1.165) is 19.3 Å². The topological polar surface area (TPSA) is 75.4 Å². The van der Waals surface area contributed by atoms with Crippen molar-refractivity contribution in [2.45, 2.75) is 38.1 Å². The number of nitrogens with one attached hydrogen (secondary N) is 1. The van der Waals surface area contributed by atoms with Gasteiger partial charge in [0.05, 0.1) is 6.42 Å². The van der Waals surface area contributed by atoms with Crippen molar-refractivity contribution in [3.63, 3.8) is 0 Å². The van der Waals surface area contributed by atoms with Crippen LogP contribution in [0.2, 0.25) is 5.02 Å². The van der Waals surface area contributed by atoms with Crippen LogP contribution in [-0.4, -0.2) is 42.4 Å². The normalized spacial score (nSPS) is 16.9. The highest BCUT2D eigenvalue weighted by Gasteiger charge is 2.27. The minimum absolute atomic E-state index is 0. The van der Waals surface area contributed by atoms with Crippen LogP contribution in [0.5, 0.6) is 0 Å². The lowest BCUT2D eigenvalue weighted by Gasteiger charge is -2.36. The van der Waals surface area contributed by atoms with Gasteiger partial charge in [-0.15, -0.1) is 12.4 Å². The van der Waals surface area contributed by atoms with Crippen molar-refractivity contribution in [3.8, 4) is 0 Å². The third-order valence-electron chi connectivity index (χ3n) is 4.24. The highest BCUT2D eigenvalue weighted by molar-refractivity contribution is 6.31. The third-order valence-corrected chi connectivity index (χ3v) is 4.60. The summed E-state index contributed by atoms with van der Waals surface area (Å²) >= 11 is 6.01. The molecule has 1 aliphatic rings. The summed E-state index contributed by atoms with van der Waals surface area (Å²) in [6, 6.07) is 4.32. The maximum atomic E-state index is 13.9. The highest BCUT2D eigenvalue weighted by Crippen LogP contribution is 2.23. The van der Waals surface area contributed by atoms with E-state index in [2.05, 4.69) is 5.32 Å². The molecular weight excluding hydrogens is 368 g/mol. The van der Waals surface area contributed by atoms with E-state index in [-0.39, 0.29) is 53.7 Å². The SMILES string of the molecule is Cl.NCCC(=O)NCC1CCCCN1C(=O)Cc1c(F)cccc1Cl. The molecule has 2 amide bonds. The molecular formula is C17H24Cl2FN3O2. The molecule has 0 aliphatic carbocycles. The molecule has 1 unspecified atom stereocenters. The second-order valence-electron chi connectivity index (χ2n) is 5.96. The van der Waals surface area contributed by atoms with E-state index in [1.54, 1.807) is 11.0 Å². The first kappa shape index (κ1) is 21.7. The Morgan fingerprint density at radius 1 is 1.36 bits per heavy atom. The van der Waals surface area contributed by atoms with Gasteiger partial charge in [-0.2, -0.15) is 0 Å². The molecule has 8 heteroatoms. The second kappa shape index (κ2) is 10.6. The second-order valence-corrected chi connectivity index (χ2v) is 6.36. The fraction of sp³-hybridized carbons (Fsp3) is 0.529. The van der Waals surface area contributed by atoms with E-state index in [9.17, 15) is 14.0 Å². The minimum Gasteiger partial charge on any atom is -0.354 e. The van der Waals surface area contributed by atoms with Gasteiger partial charge < -0.3 is 16.0 Å². The molecule has 1 aromatic rings. The third kappa shape index (κ3) is 6.13. The van der Waals surface area contributed by atoms with E-state index in [1.807, 2.05) is 0 Å². The maximum absolute atomic E-state index is 13.9. The summed E-state index contributed by atoms with van der Waals surface area (Å²) in [5, 5.41) is 3.07. The van der Waals surface area contributed by atoms with Gasteiger partial charge in [-0.25, -0.2) is 4.39 Å². The summed E-state index contributed by atoms with van der Waals surface area (Å²) in [5.74, 6) is -0.756. The van der Waals surface area contributed by atoms with E-state index in [1.165, 1.54) is 12.1 Å². The molecule has 3 N–H and O–H groups in total. The molecule has 0 aromatic heterocycles. The lowest BCUT2D eigenvalue weighted by Crippen LogP contribution is -2.50. The molecule has 1 heterocycles. The fourth-order valence-electron chi connectivity index (χ4n) is 2.95. The molecule has 1 aliphatic heterocycles. The molecule has 1 atom stereocenters. The largest absolute Gasteiger partial charge is 0.354 e. The number of likely N-dealkylation sites (tertiary alicyclic amines) is 1. The standard InChI is InChI=1S/C17H23ClFN3O2.ClH/c18-14-5-3-6-15(19)13(14)10-17(24)22-9-2-1-4-12(22)11-21-16(23)7-8-20;/h3,5-6,12H,1-2,4,7-11,20H2,(H,21,23);1H. The Hall–Kier alpha value is -1.37. The zero-order valence-corrected chi connectivity index (χ0v) is 15.5. The fourth-order valence-corrected chi connectivity index (χ4v) is 3.18. The van der Waals surface area contributed by atoms with Crippen molar-refractivity contribution in [2.24, 2.45) is 5.73 Å². The molecule has 5 nitrogen and oxygen atoms in total. The first-order chi connectivity index (χ1) is 11.5. The van der Waals surface area contributed by atoms with Gasteiger partial charge in [0.1, 0.15) is 5.82 Å². The van der Waals surface area contributed by atoms with Crippen LogP contribution in [0.25, 0.3) is 0 Å². The van der Waals surface area contributed by atoms with Crippen molar-refractivity contribution in [3.05, 3.63) is 34.6 Å². The molecule has 1 aromatic carbocycles. The Morgan fingerprint density at radius 3 is 2.80 bits per heavy atom. The summed E-state index contributed by atoms with van der Waals surface area (Å²) in [5.41, 5.74) is 5.58. The predicted octanol–water partition coefficient (Wildman–Crippen LogP) is 2.29. The number of benzene rings is 1. The molecule has 1 saturated heterocycles. The molecule has 0 bridgehead atoms. The van der Waals surface area contributed by atoms with Gasteiger partial charge in [-0.1, -0.05) is 17.7 Å². The number of carbonyl (C=O) groups is 2. The average Bonchev–Trinajstić information content (AvgIpc) is 2.57. The van der Waals surface area contributed by atoms with Crippen molar-refractivity contribution in [2.75, 3.05) is 19.6 Å². The van der Waals surface area contributed by atoms with E-state index in [0.29, 0.717) is 19.6 Å². The summed E-state index contributed by atoms with van der Waals surface area (Å²) in [7, 11) is 0. The quantitative estimate of drug-likeness (QED) is 0.780. The maximum Gasteiger partial charge on any atom is 0.227 e. The summed E-state index contributed by atoms with van der Waals surface area (Å²) in [4.78, 5) is 25.9. The van der Waals surface area contributed by atoms with Gasteiger partial charge in [0.15, 0.2) is 0 Å². The van der Waals surface area contributed by atoms with E-state index in [4.69, 9.17) is 17.3 Å². The Kier molecular flexibility index (Phi) is 9.17. The first-order valence-corrected chi connectivity index (χ1v) is 8.60. The van der Waals surface area contributed by atoms with Crippen LogP contribution in [0, 0.1) is 5.82 Å². The van der Waals surface area contributed by atoms with Crippen molar-refractivity contribution in [1.29, 1.82) is 0 Å². The molecule has 25 heavy (non-hydrogen) atoms. The zero-order chi connectivity index (χ0) is 17.5. The minimum atomic E-state index is -0.472. The molecule has 0 radical (unpaired) electrons. The molecule has 0 saturated carbocycles. The first-order valence-electron chi connectivity index (χ1n) is 8.22. The van der Waals surface area contributed by atoms with Crippen molar-refractivity contribution in [1.82, 2.24) is 10.2 Å². The van der Waals surface area contributed by atoms with Crippen molar-refractivity contribution >= 4 is 35.8 Å². The van der Waals surface area contributed by atoms with Gasteiger partial charge in [0.2, 0.25) is 11.8 Å². The number of rotatable bonds is 6. The number of nitrogens with zero attached hydrogens (tertiary/aromatic N) is 1. The average molecular weight is 392 g/mol. The Balaban J connectivity index is 0.00000312. The summed E-state index contributed by atoms with van der Waals surface area (Å²) < 4.78 is 13.9. The number of carbonyl (C=O) groups excluding carboxylic acids is 2. The number of halogens is 3. The van der Waals surface area contributed by atoms with Crippen LogP contribution in [0.1, 0.15) is 31.2 Å². The van der Waals surface area contributed by atoms with Crippen molar-refractivity contribution < 1.29 is 14.0 Å². The monoisotopic (exact) mass is 391 g/mol. The Morgan fingerprint density at radius 2 is 2.12 bits per heavy atom. The number of hydrogen-bond donors (Lipinski definition) is 2. The van der Waals surface area contributed by atoms with Crippen LogP contribution in [0.4, 0.5) is 4.39 Å².